The Bertz CT molecular complexity index is 468. The minimum Gasteiger partial charge on any atom is -0.496 e. The van der Waals surface area contributed by atoms with Gasteiger partial charge in [-0.25, -0.2) is 0 Å². The predicted molar refractivity (Wildman–Crippen MR) is 71.5 cm³/mol. The minimum atomic E-state index is 0.288. The SMILES string of the molecule is CCC(NCc1cn[nH]c1)c1ccccc1OC. The van der Waals surface area contributed by atoms with Crippen molar-refractivity contribution < 1.29 is 4.74 Å². The maximum Gasteiger partial charge on any atom is 0.123 e. The number of nitrogens with one attached hydrogen (secondary N) is 2. The third kappa shape index (κ3) is 2.90. The second-order valence-corrected chi connectivity index (χ2v) is 4.19. The molecule has 0 radical (unpaired) electrons. The van der Waals surface area contributed by atoms with Crippen LogP contribution < -0.4 is 10.1 Å². The lowest BCUT2D eigenvalue weighted by molar-refractivity contribution is 0.396. The number of rotatable bonds is 6. The second kappa shape index (κ2) is 6.21. The van der Waals surface area contributed by atoms with Crippen molar-refractivity contribution in [2.24, 2.45) is 0 Å². The Hall–Kier alpha value is -1.81. The van der Waals surface area contributed by atoms with Gasteiger partial charge < -0.3 is 10.1 Å². The zero-order chi connectivity index (χ0) is 12.8. The molecule has 2 N–H and O–H groups in total. The first-order valence-corrected chi connectivity index (χ1v) is 6.19. The number of H-pyrrole nitrogens is 1. The molecule has 0 bridgehead atoms. The molecule has 96 valence electrons. The molecule has 1 heterocycles. The van der Waals surface area contributed by atoms with E-state index < -0.39 is 0 Å². The van der Waals surface area contributed by atoms with Gasteiger partial charge >= 0.3 is 0 Å². The third-order valence-electron chi connectivity index (χ3n) is 3.03. The number of para-hydroxylation sites is 1. The minimum absolute atomic E-state index is 0.288. The first-order chi connectivity index (χ1) is 8.85. The molecule has 0 aliphatic carbocycles. The van der Waals surface area contributed by atoms with Crippen LogP contribution in [0.25, 0.3) is 0 Å². The second-order valence-electron chi connectivity index (χ2n) is 4.19. The molecule has 1 aromatic heterocycles. The first-order valence-electron chi connectivity index (χ1n) is 6.19. The predicted octanol–water partition coefficient (Wildman–Crippen LogP) is 2.66. The average Bonchev–Trinajstić information content (AvgIpc) is 2.93. The van der Waals surface area contributed by atoms with E-state index in [0.717, 1.165) is 24.3 Å². The summed E-state index contributed by atoms with van der Waals surface area (Å²) in [6, 6.07) is 8.42. The fourth-order valence-corrected chi connectivity index (χ4v) is 2.04. The van der Waals surface area contributed by atoms with E-state index in [4.69, 9.17) is 4.74 Å². The molecule has 0 fully saturated rings. The summed E-state index contributed by atoms with van der Waals surface area (Å²) in [6.45, 7) is 2.96. The lowest BCUT2D eigenvalue weighted by Crippen LogP contribution is -2.20. The van der Waals surface area contributed by atoms with Gasteiger partial charge in [-0.15, -0.1) is 0 Å². The summed E-state index contributed by atoms with van der Waals surface area (Å²) in [7, 11) is 1.71. The van der Waals surface area contributed by atoms with Gasteiger partial charge in [0.15, 0.2) is 0 Å². The van der Waals surface area contributed by atoms with E-state index in [1.54, 1.807) is 7.11 Å². The van der Waals surface area contributed by atoms with Crippen LogP contribution in [0.4, 0.5) is 0 Å². The number of methoxy groups -OCH3 is 1. The van der Waals surface area contributed by atoms with Gasteiger partial charge in [-0.3, -0.25) is 5.10 Å². The summed E-state index contributed by atoms with van der Waals surface area (Å²) < 4.78 is 5.41. The molecular formula is C14H19N3O. The Kier molecular flexibility index (Phi) is 4.36. The summed E-state index contributed by atoms with van der Waals surface area (Å²) in [6.07, 6.45) is 4.75. The third-order valence-corrected chi connectivity index (χ3v) is 3.03. The van der Waals surface area contributed by atoms with Crippen LogP contribution in [0.3, 0.4) is 0 Å². The van der Waals surface area contributed by atoms with Gasteiger partial charge in [0.05, 0.1) is 13.3 Å². The fraction of sp³-hybridized carbons (Fsp3) is 0.357. The van der Waals surface area contributed by atoms with Crippen LogP contribution in [0.15, 0.2) is 36.7 Å². The van der Waals surface area contributed by atoms with Gasteiger partial charge in [0.1, 0.15) is 5.75 Å². The zero-order valence-electron chi connectivity index (χ0n) is 10.8. The van der Waals surface area contributed by atoms with Crippen molar-refractivity contribution in [3.8, 4) is 5.75 Å². The molecule has 4 heteroatoms. The van der Waals surface area contributed by atoms with Crippen LogP contribution in [0.1, 0.15) is 30.5 Å². The highest BCUT2D eigenvalue weighted by Gasteiger charge is 2.13. The average molecular weight is 245 g/mol. The molecule has 0 aliphatic rings. The normalized spacial score (nSPS) is 12.3. The van der Waals surface area contributed by atoms with E-state index in [-0.39, 0.29) is 6.04 Å². The maximum absolute atomic E-state index is 5.41. The highest BCUT2D eigenvalue weighted by Crippen LogP contribution is 2.26. The van der Waals surface area contributed by atoms with Gasteiger partial charge in [-0.2, -0.15) is 5.10 Å². The number of benzene rings is 1. The number of hydrogen-bond acceptors (Lipinski definition) is 3. The van der Waals surface area contributed by atoms with Crippen LogP contribution in [0, 0.1) is 0 Å². The van der Waals surface area contributed by atoms with Crippen LogP contribution >= 0.6 is 0 Å². The van der Waals surface area contributed by atoms with Crippen molar-refractivity contribution in [1.82, 2.24) is 15.5 Å². The number of aromatic nitrogens is 2. The largest absolute Gasteiger partial charge is 0.496 e. The van der Waals surface area contributed by atoms with E-state index in [1.807, 2.05) is 30.6 Å². The molecule has 1 unspecified atom stereocenters. The molecule has 18 heavy (non-hydrogen) atoms. The number of ether oxygens (including phenoxy) is 1. The van der Waals surface area contributed by atoms with Crippen molar-refractivity contribution >= 4 is 0 Å². The monoisotopic (exact) mass is 245 g/mol. The van der Waals surface area contributed by atoms with E-state index >= 15 is 0 Å². The molecule has 0 aliphatic heterocycles. The molecule has 1 atom stereocenters. The summed E-state index contributed by atoms with van der Waals surface area (Å²) in [4.78, 5) is 0. The number of aromatic amines is 1. The highest BCUT2D eigenvalue weighted by molar-refractivity contribution is 5.35. The van der Waals surface area contributed by atoms with Crippen molar-refractivity contribution in [1.29, 1.82) is 0 Å². The van der Waals surface area contributed by atoms with Crippen LogP contribution in [0.2, 0.25) is 0 Å². The molecule has 0 saturated carbocycles. The standard InChI is InChI=1S/C14H19N3O/c1-3-13(15-8-11-9-16-17-10-11)12-6-4-5-7-14(12)18-2/h4-7,9-10,13,15H,3,8H2,1-2H3,(H,16,17). The molecular weight excluding hydrogens is 226 g/mol. The topological polar surface area (TPSA) is 49.9 Å². The highest BCUT2D eigenvalue weighted by atomic mass is 16.5. The van der Waals surface area contributed by atoms with Crippen LogP contribution in [-0.2, 0) is 6.54 Å². The van der Waals surface area contributed by atoms with E-state index in [0.29, 0.717) is 0 Å². The first kappa shape index (κ1) is 12.6. The van der Waals surface area contributed by atoms with Crippen molar-refractivity contribution in [3.05, 3.63) is 47.8 Å². The molecule has 4 nitrogen and oxygen atoms in total. The van der Waals surface area contributed by atoms with Gasteiger partial charge in [0, 0.05) is 29.9 Å². The van der Waals surface area contributed by atoms with Crippen LogP contribution in [-0.4, -0.2) is 17.3 Å². The quantitative estimate of drug-likeness (QED) is 0.822. The number of hydrogen-bond donors (Lipinski definition) is 2. The van der Waals surface area contributed by atoms with E-state index in [2.05, 4.69) is 28.5 Å². The lowest BCUT2D eigenvalue weighted by atomic mass is 10.0. The molecule has 2 aromatic rings. The Balaban J connectivity index is 2.08. The Morgan fingerprint density at radius 3 is 2.89 bits per heavy atom. The summed E-state index contributed by atoms with van der Waals surface area (Å²) in [5, 5.41) is 10.3. The Morgan fingerprint density at radius 1 is 1.39 bits per heavy atom. The zero-order valence-corrected chi connectivity index (χ0v) is 10.8. The van der Waals surface area contributed by atoms with Crippen molar-refractivity contribution in [3.63, 3.8) is 0 Å². The molecule has 0 spiro atoms. The van der Waals surface area contributed by atoms with Gasteiger partial charge in [-0.05, 0) is 12.5 Å². The molecule has 0 amide bonds. The molecule has 2 rings (SSSR count). The summed E-state index contributed by atoms with van der Waals surface area (Å²) in [5.74, 6) is 0.934. The van der Waals surface area contributed by atoms with Gasteiger partial charge in [-0.1, -0.05) is 25.1 Å². The van der Waals surface area contributed by atoms with E-state index in [9.17, 15) is 0 Å². The van der Waals surface area contributed by atoms with Crippen LogP contribution in [0.5, 0.6) is 5.75 Å². The van der Waals surface area contributed by atoms with Crippen molar-refractivity contribution in [2.45, 2.75) is 25.9 Å². The number of nitrogens with zero attached hydrogens (tertiary/aromatic N) is 1. The van der Waals surface area contributed by atoms with Crippen molar-refractivity contribution in [2.75, 3.05) is 7.11 Å². The summed E-state index contributed by atoms with van der Waals surface area (Å²) >= 11 is 0. The lowest BCUT2D eigenvalue weighted by Gasteiger charge is -2.19. The summed E-state index contributed by atoms with van der Waals surface area (Å²) in [5.41, 5.74) is 2.36. The van der Waals surface area contributed by atoms with E-state index in [1.165, 1.54) is 5.56 Å². The fourth-order valence-electron chi connectivity index (χ4n) is 2.04. The molecule has 0 saturated heterocycles. The smallest absolute Gasteiger partial charge is 0.123 e. The molecule has 1 aromatic carbocycles. The Labute approximate surface area is 107 Å². The van der Waals surface area contributed by atoms with Gasteiger partial charge in [0.2, 0.25) is 0 Å². The van der Waals surface area contributed by atoms with Gasteiger partial charge in [0.25, 0.3) is 0 Å². The maximum atomic E-state index is 5.41. The Morgan fingerprint density at radius 2 is 2.22 bits per heavy atom.